The Morgan fingerprint density at radius 1 is 0.348 bits per heavy atom. The topological polar surface area (TPSA) is 0 Å². The zero-order chi connectivity index (χ0) is 34.0. The van der Waals surface area contributed by atoms with Crippen LogP contribution >= 0.6 is 23.8 Å². The minimum atomic E-state index is -1.92. The van der Waals surface area contributed by atoms with E-state index in [2.05, 4.69) is 156 Å². The molecule has 0 radical (unpaired) electrons. The molecule has 0 aromatic heterocycles. The Morgan fingerprint density at radius 3 is 0.739 bits per heavy atom. The van der Waals surface area contributed by atoms with Crippen LogP contribution in [0.1, 0.15) is 83.1 Å². The maximum absolute atomic E-state index is 2.60. The fourth-order valence-corrected chi connectivity index (χ4v) is 24.9. The number of benzene rings is 3. The summed E-state index contributed by atoms with van der Waals surface area (Å²) in [6.07, 6.45) is 7.98. The molecule has 3 rings (SSSR count). The van der Waals surface area contributed by atoms with Crippen LogP contribution < -0.4 is 29.0 Å². The Balaban J connectivity index is 2.43. The molecule has 3 aromatic rings. The first kappa shape index (κ1) is 39.9. The average molecular weight is 739 g/mol. The Kier molecular flexibility index (Phi) is 17.0. The van der Waals surface area contributed by atoms with E-state index in [-0.39, 0.29) is 23.8 Å². The molecule has 0 atom stereocenters. The monoisotopic (exact) mass is 738 g/mol. The fourth-order valence-electron chi connectivity index (χ4n) is 6.61. The van der Waals surface area contributed by atoms with Gasteiger partial charge in [-0.1, -0.05) is 0 Å². The summed E-state index contributed by atoms with van der Waals surface area (Å²) in [5, 5.41) is 5.16. The molecule has 0 saturated carbocycles. The van der Waals surface area contributed by atoms with Gasteiger partial charge in [0.25, 0.3) is 0 Å². The van der Waals surface area contributed by atoms with E-state index in [4.69, 9.17) is 0 Å². The van der Waals surface area contributed by atoms with Gasteiger partial charge in [0.2, 0.25) is 0 Å². The minimum absolute atomic E-state index is 0.227. The summed E-state index contributed by atoms with van der Waals surface area (Å²) < 4.78 is 5.20. The van der Waals surface area contributed by atoms with E-state index in [0.717, 1.165) is 0 Å². The molecule has 0 nitrogen and oxygen atoms in total. The van der Waals surface area contributed by atoms with Crippen LogP contribution in [-0.4, -0.2) is 51.6 Å². The van der Waals surface area contributed by atoms with Crippen LogP contribution in [0.5, 0.6) is 0 Å². The molecule has 46 heavy (non-hydrogen) atoms. The second-order valence-electron chi connectivity index (χ2n) is 15.9. The number of hydrogen-bond donors (Lipinski definition) is 0. The molecule has 0 fully saturated rings. The molecule has 0 amide bonds. The van der Waals surface area contributed by atoms with Gasteiger partial charge in [-0.2, -0.15) is 0 Å². The molecule has 0 bridgehead atoms. The predicted molar refractivity (Wildman–Crippen MR) is 222 cm³/mol. The molecular weight excluding hydrogens is 672 g/mol. The second-order valence-corrected chi connectivity index (χ2v) is 27.2. The van der Waals surface area contributed by atoms with Crippen molar-refractivity contribution >= 4 is 67.4 Å². The summed E-state index contributed by atoms with van der Waals surface area (Å²) in [6.45, 7) is 29.3. The molecule has 0 unspecified atom stereocenters. The third-order valence-electron chi connectivity index (χ3n) is 7.90. The summed E-state index contributed by atoms with van der Waals surface area (Å²) >= 11 is -1.92. The summed E-state index contributed by atoms with van der Waals surface area (Å²) in [5.74, 6) is 4.30. The van der Waals surface area contributed by atoms with E-state index in [1.807, 2.05) is 0 Å². The van der Waals surface area contributed by atoms with Gasteiger partial charge in [-0.05, 0) is 0 Å². The predicted octanol–water partition coefficient (Wildman–Crippen LogP) is 9.46. The zero-order valence-electron chi connectivity index (χ0n) is 31.4. The Labute approximate surface area is 294 Å². The molecule has 3 aromatic carbocycles. The Hall–Kier alpha value is -0.492. The first-order chi connectivity index (χ1) is 21.8. The third-order valence-corrected chi connectivity index (χ3v) is 24.8. The van der Waals surface area contributed by atoms with Crippen molar-refractivity contribution in [3.8, 4) is 0 Å². The van der Waals surface area contributed by atoms with Crippen molar-refractivity contribution in [3.05, 3.63) is 72.8 Å². The molecule has 0 spiro atoms. The van der Waals surface area contributed by atoms with Crippen molar-refractivity contribution in [2.45, 2.75) is 83.1 Å². The van der Waals surface area contributed by atoms with Gasteiger partial charge in [0.15, 0.2) is 0 Å². The summed E-state index contributed by atoms with van der Waals surface area (Å²) in [6, 6.07) is 29.7. The van der Waals surface area contributed by atoms with Gasteiger partial charge in [0, 0.05) is 0 Å². The second kappa shape index (κ2) is 19.6. The van der Waals surface area contributed by atoms with E-state index in [1.165, 1.54) is 37.0 Å². The van der Waals surface area contributed by atoms with Gasteiger partial charge in [0.1, 0.15) is 0 Å². The van der Waals surface area contributed by atoms with Crippen LogP contribution in [0.4, 0.5) is 0 Å². The van der Waals surface area contributed by atoms with E-state index < -0.39 is 14.7 Å². The molecule has 0 heterocycles. The van der Waals surface area contributed by atoms with Crippen molar-refractivity contribution < 1.29 is 0 Å². The van der Waals surface area contributed by atoms with Gasteiger partial charge >= 0.3 is 296 Å². The van der Waals surface area contributed by atoms with Gasteiger partial charge in [-0.3, -0.25) is 0 Å². The standard InChI is InChI=1S/C42H66AsP3/c1-31(2)25-44(26-32(3)4)40-22-16-13-19-37(40)43(38-20-14-17-23-41(38)45(27-33(5)6)28-34(7)8)39-21-15-18-24-42(39)46(29-35(9)10)30-36(11)12/h13-24,31-36H,25-30H2,1-12H3. The van der Waals surface area contributed by atoms with Crippen LogP contribution in [0.3, 0.4) is 0 Å². The van der Waals surface area contributed by atoms with E-state index >= 15 is 0 Å². The summed E-state index contributed by atoms with van der Waals surface area (Å²) in [5.41, 5.74) is 0. The molecule has 0 saturated heterocycles. The van der Waals surface area contributed by atoms with Crippen LogP contribution in [0, 0.1) is 35.5 Å². The molecule has 0 N–H and O–H groups in total. The van der Waals surface area contributed by atoms with Crippen molar-refractivity contribution in [1.82, 2.24) is 0 Å². The molecule has 4 heteroatoms. The summed E-state index contributed by atoms with van der Waals surface area (Å²) in [7, 11) is -0.682. The Bertz CT molecular complexity index is 1120. The van der Waals surface area contributed by atoms with Crippen molar-refractivity contribution in [3.63, 3.8) is 0 Å². The third kappa shape index (κ3) is 12.1. The first-order valence-electron chi connectivity index (χ1n) is 18.1. The molecule has 254 valence electrons. The van der Waals surface area contributed by atoms with Gasteiger partial charge in [-0.25, -0.2) is 0 Å². The number of rotatable bonds is 18. The van der Waals surface area contributed by atoms with Gasteiger partial charge in [-0.15, -0.1) is 0 Å². The quantitative estimate of drug-likeness (QED) is 0.0902. The van der Waals surface area contributed by atoms with E-state index in [0.29, 0.717) is 35.5 Å². The zero-order valence-corrected chi connectivity index (χ0v) is 36.0. The van der Waals surface area contributed by atoms with Gasteiger partial charge in [0.05, 0.1) is 0 Å². The van der Waals surface area contributed by atoms with Gasteiger partial charge < -0.3 is 0 Å². The normalized spacial score (nSPS) is 12.7. The van der Waals surface area contributed by atoms with Crippen molar-refractivity contribution in [1.29, 1.82) is 0 Å². The van der Waals surface area contributed by atoms with Crippen LogP contribution in [0.25, 0.3) is 0 Å². The van der Waals surface area contributed by atoms with Crippen LogP contribution in [0.15, 0.2) is 72.8 Å². The average Bonchev–Trinajstić information content (AvgIpc) is 2.96. The summed E-state index contributed by atoms with van der Waals surface area (Å²) in [4.78, 5) is 0. The maximum atomic E-state index is 2.60. The Morgan fingerprint density at radius 2 is 0.543 bits per heavy atom. The van der Waals surface area contributed by atoms with Crippen LogP contribution in [-0.2, 0) is 0 Å². The molecule has 0 aliphatic heterocycles. The molecule has 0 aliphatic carbocycles. The van der Waals surface area contributed by atoms with Crippen LogP contribution in [0.2, 0.25) is 0 Å². The first-order valence-corrected chi connectivity index (χ1v) is 26.0. The fraction of sp³-hybridized carbons (Fsp3) is 0.571. The van der Waals surface area contributed by atoms with Crippen molar-refractivity contribution in [2.75, 3.05) is 37.0 Å². The molecule has 0 aliphatic rings. The SMILES string of the molecule is CC(C)CP(CC(C)C)c1ccccc1[As](c1ccccc1P(CC(C)C)CC(C)C)c1ccccc1P(CC(C)C)CC(C)C. The molecular formula is C42H66AsP3. The number of hydrogen-bond acceptors (Lipinski definition) is 0. The van der Waals surface area contributed by atoms with E-state index in [9.17, 15) is 0 Å². The van der Waals surface area contributed by atoms with E-state index in [1.54, 1.807) is 29.0 Å². The van der Waals surface area contributed by atoms with Crippen molar-refractivity contribution in [2.24, 2.45) is 35.5 Å².